The van der Waals surface area contributed by atoms with E-state index in [-0.39, 0.29) is 39.1 Å². The third kappa shape index (κ3) is 5.64. The van der Waals surface area contributed by atoms with Crippen LogP contribution in [-0.4, -0.2) is 69.6 Å². The molecule has 16 heavy (non-hydrogen) atoms. The van der Waals surface area contributed by atoms with Gasteiger partial charge in [0.05, 0.1) is 13.2 Å². The lowest BCUT2D eigenvalue weighted by atomic mass is 10.1. The predicted molar refractivity (Wildman–Crippen MR) is 54.0 cm³/mol. The molecular formula is C9H17NO6. The third-order valence-electron chi connectivity index (χ3n) is 2.13. The molecule has 7 nitrogen and oxygen atoms in total. The van der Waals surface area contributed by atoms with Crippen LogP contribution >= 0.6 is 0 Å². The Hall–Kier alpha value is -1.18. The molecule has 0 aliphatic heterocycles. The van der Waals surface area contributed by atoms with Crippen LogP contribution in [0.4, 0.5) is 0 Å². The van der Waals surface area contributed by atoms with Crippen molar-refractivity contribution in [3.8, 4) is 0 Å². The van der Waals surface area contributed by atoms with Crippen molar-refractivity contribution in [3.05, 3.63) is 0 Å². The first-order valence-electron chi connectivity index (χ1n) is 4.93. The summed E-state index contributed by atoms with van der Waals surface area (Å²) in [5.74, 6) is -2.22. The maximum atomic E-state index is 10.9. The highest BCUT2D eigenvalue weighted by Gasteiger charge is 2.25. The molecule has 0 aliphatic carbocycles. The van der Waals surface area contributed by atoms with Crippen molar-refractivity contribution >= 4 is 11.9 Å². The lowest BCUT2D eigenvalue weighted by Gasteiger charge is -2.26. The van der Waals surface area contributed by atoms with Crippen LogP contribution in [0.2, 0.25) is 0 Å². The topological polar surface area (TPSA) is 118 Å². The Morgan fingerprint density at radius 2 is 1.56 bits per heavy atom. The van der Waals surface area contributed by atoms with Gasteiger partial charge in [0, 0.05) is 19.5 Å². The van der Waals surface area contributed by atoms with Gasteiger partial charge in [0.1, 0.15) is 6.04 Å². The zero-order valence-corrected chi connectivity index (χ0v) is 8.87. The summed E-state index contributed by atoms with van der Waals surface area (Å²) >= 11 is 0. The normalized spacial score (nSPS) is 12.7. The standard InChI is InChI=1S/C9H17NO6/c11-5-3-10(4-6-12)7(9(15)16)1-2-8(13)14/h7,11-12H,1-6H2,(H,13,14)(H,15,16). The molecule has 0 amide bonds. The van der Waals surface area contributed by atoms with Crippen LogP contribution < -0.4 is 0 Å². The minimum absolute atomic E-state index is 0.0509. The van der Waals surface area contributed by atoms with Crippen molar-refractivity contribution in [1.29, 1.82) is 0 Å². The van der Waals surface area contributed by atoms with E-state index in [0.29, 0.717) is 0 Å². The average molecular weight is 235 g/mol. The van der Waals surface area contributed by atoms with Gasteiger partial charge in [0.2, 0.25) is 0 Å². The Morgan fingerprint density at radius 3 is 1.88 bits per heavy atom. The van der Waals surface area contributed by atoms with Crippen LogP contribution in [0.3, 0.4) is 0 Å². The van der Waals surface area contributed by atoms with Crippen molar-refractivity contribution in [2.75, 3.05) is 26.3 Å². The number of carboxylic acid groups (broad SMARTS) is 2. The summed E-state index contributed by atoms with van der Waals surface area (Å²) in [6.45, 7) is -0.290. The highest BCUT2D eigenvalue weighted by Crippen LogP contribution is 2.07. The molecular weight excluding hydrogens is 218 g/mol. The number of aliphatic hydroxyl groups excluding tert-OH is 2. The molecule has 0 aromatic rings. The third-order valence-corrected chi connectivity index (χ3v) is 2.13. The van der Waals surface area contributed by atoms with E-state index in [0.717, 1.165) is 0 Å². The lowest BCUT2D eigenvalue weighted by Crippen LogP contribution is -2.44. The number of aliphatic hydroxyl groups is 2. The van der Waals surface area contributed by atoms with Gasteiger partial charge in [-0.05, 0) is 6.42 Å². The summed E-state index contributed by atoms with van der Waals surface area (Å²) < 4.78 is 0. The van der Waals surface area contributed by atoms with E-state index in [9.17, 15) is 9.59 Å². The van der Waals surface area contributed by atoms with Crippen molar-refractivity contribution < 1.29 is 30.0 Å². The van der Waals surface area contributed by atoms with E-state index in [2.05, 4.69) is 0 Å². The molecule has 0 spiro atoms. The molecule has 0 aromatic carbocycles. The SMILES string of the molecule is O=C(O)CCC(C(=O)O)N(CCO)CCO. The second-order valence-electron chi connectivity index (χ2n) is 3.27. The van der Waals surface area contributed by atoms with Gasteiger partial charge < -0.3 is 20.4 Å². The second kappa shape index (κ2) is 8.03. The van der Waals surface area contributed by atoms with Crippen LogP contribution in [0.15, 0.2) is 0 Å². The summed E-state index contributed by atoms with van der Waals surface area (Å²) in [5.41, 5.74) is 0. The molecule has 0 saturated carbocycles. The van der Waals surface area contributed by atoms with Crippen molar-refractivity contribution in [2.24, 2.45) is 0 Å². The van der Waals surface area contributed by atoms with Gasteiger partial charge in [-0.15, -0.1) is 0 Å². The molecule has 0 aromatic heterocycles. The van der Waals surface area contributed by atoms with Gasteiger partial charge in [-0.2, -0.15) is 0 Å². The summed E-state index contributed by atoms with van der Waals surface area (Å²) in [6.07, 6.45) is -0.311. The number of carboxylic acids is 2. The highest BCUT2D eigenvalue weighted by molar-refractivity contribution is 5.75. The van der Waals surface area contributed by atoms with E-state index >= 15 is 0 Å². The summed E-state index contributed by atoms with van der Waals surface area (Å²) in [6, 6.07) is -0.990. The van der Waals surface area contributed by atoms with Crippen molar-refractivity contribution in [1.82, 2.24) is 4.90 Å². The van der Waals surface area contributed by atoms with Gasteiger partial charge in [-0.1, -0.05) is 0 Å². The van der Waals surface area contributed by atoms with Crippen LogP contribution in [0.5, 0.6) is 0 Å². The van der Waals surface area contributed by atoms with Gasteiger partial charge in [-0.25, -0.2) is 0 Å². The minimum Gasteiger partial charge on any atom is -0.481 e. The van der Waals surface area contributed by atoms with Crippen LogP contribution in [0.1, 0.15) is 12.8 Å². The van der Waals surface area contributed by atoms with Gasteiger partial charge in [-0.3, -0.25) is 14.5 Å². The zero-order valence-electron chi connectivity index (χ0n) is 8.87. The largest absolute Gasteiger partial charge is 0.481 e. The molecule has 0 bridgehead atoms. The first-order valence-corrected chi connectivity index (χ1v) is 4.93. The Kier molecular flexibility index (Phi) is 7.44. The average Bonchev–Trinajstić information content (AvgIpc) is 2.17. The highest BCUT2D eigenvalue weighted by atomic mass is 16.4. The molecule has 1 unspecified atom stereocenters. The monoisotopic (exact) mass is 235 g/mol. The fraction of sp³-hybridized carbons (Fsp3) is 0.778. The predicted octanol–water partition coefficient (Wildman–Crippen LogP) is -1.41. The maximum absolute atomic E-state index is 10.9. The number of rotatable bonds is 9. The Labute approximate surface area is 92.9 Å². The molecule has 0 fully saturated rings. The van der Waals surface area contributed by atoms with Crippen LogP contribution in [0.25, 0.3) is 0 Å². The van der Waals surface area contributed by atoms with E-state index in [1.165, 1.54) is 4.90 Å². The van der Waals surface area contributed by atoms with E-state index < -0.39 is 18.0 Å². The smallest absolute Gasteiger partial charge is 0.320 e. The van der Waals surface area contributed by atoms with Crippen LogP contribution in [-0.2, 0) is 9.59 Å². The fourth-order valence-electron chi connectivity index (χ4n) is 1.40. The Balaban J connectivity index is 4.43. The fourth-order valence-corrected chi connectivity index (χ4v) is 1.40. The molecule has 94 valence electrons. The number of hydrogen-bond acceptors (Lipinski definition) is 5. The van der Waals surface area contributed by atoms with Gasteiger partial charge in [0.15, 0.2) is 0 Å². The summed E-state index contributed by atoms with van der Waals surface area (Å²) in [7, 11) is 0. The quantitative estimate of drug-likeness (QED) is 0.387. The Bertz CT molecular complexity index is 226. The number of aliphatic carboxylic acids is 2. The van der Waals surface area contributed by atoms with Crippen LogP contribution in [0, 0.1) is 0 Å². The second-order valence-corrected chi connectivity index (χ2v) is 3.27. The molecule has 1 atom stereocenters. The lowest BCUT2D eigenvalue weighted by molar-refractivity contribution is -0.144. The van der Waals surface area contributed by atoms with E-state index in [4.69, 9.17) is 20.4 Å². The molecule has 0 saturated heterocycles. The number of carbonyl (C=O) groups is 2. The van der Waals surface area contributed by atoms with Gasteiger partial charge >= 0.3 is 11.9 Å². The molecule has 0 aliphatic rings. The molecule has 7 heteroatoms. The molecule has 0 radical (unpaired) electrons. The summed E-state index contributed by atoms with van der Waals surface area (Å²) in [4.78, 5) is 22.6. The number of nitrogens with zero attached hydrogens (tertiary/aromatic N) is 1. The maximum Gasteiger partial charge on any atom is 0.320 e. The van der Waals surface area contributed by atoms with E-state index in [1.54, 1.807) is 0 Å². The number of hydrogen-bond donors (Lipinski definition) is 4. The Morgan fingerprint density at radius 1 is 1.06 bits per heavy atom. The molecule has 0 heterocycles. The van der Waals surface area contributed by atoms with Crippen molar-refractivity contribution in [3.63, 3.8) is 0 Å². The van der Waals surface area contributed by atoms with Gasteiger partial charge in [0.25, 0.3) is 0 Å². The minimum atomic E-state index is -1.15. The first-order chi connectivity index (χ1) is 7.52. The first kappa shape index (κ1) is 14.8. The molecule has 0 rings (SSSR count). The molecule has 4 N–H and O–H groups in total. The van der Waals surface area contributed by atoms with E-state index in [1.807, 2.05) is 0 Å². The van der Waals surface area contributed by atoms with Crippen molar-refractivity contribution in [2.45, 2.75) is 18.9 Å². The zero-order chi connectivity index (χ0) is 12.6. The summed E-state index contributed by atoms with van der Waals surface area (Å²) in [5, 5.41) is 34.9.